The van der Waals surface area contributed by atoms with Crippen LogP contribution in [-0.2, 0) is 15.8 Å². The normalized spacial score (nSPS) is 16.0. The van der Waals surface area contributed by atoms with Gasteiger partial charge in [-0.1, -0.05) is 18.2 Å². The zero-order valence-corrected chi connectivity index (χ0v) is 17.5. The van der Waals surface area contributed by atoms with Crippen molar-refractivity contribution in [2.24, 2.45) is 5.92 Å². The van der Waals surface area contributed by atoms with Gasteiger partial charge in [-0.25, -0.2) is 18.4 Å². The Morgan fingerprint density at radius 1 is 1.29 bits per heavy atom. The number of halogens is 3. The highest BCUT2D eigenvalue weighted by molar-refractivity contribution is 7.94. The van der Waals surface area contributed by atoms with Gasteiger partial charge < -0.3 is 10.1 Å². The first kappa shape index (κ1) is 22.7. The van der Waals surface area contributed by atoms with Crippen LogP contribution in [-0.4, -0.2) is 36.6 Å². The number of sulfone groups is 1. The van der Waals surface area contributed by atoms with Crippen molar-refractivity contribution >= 4 is 15.7 Å². The Balaban J connectivity index is 1.89. The van der Waals surface area contributed by atoms with Crippen molar-refractivity contribution in [2.75, 3.05) is 6.26 Å². The molecule has 1 fully saturated rings. The molecule has 1 aromatic heterocycles. The van der Waals surface area contributed by atoms with Gasteiger partial charge >= 0.3 is 0 Å². The van der Waals surface area contributed by atoms with E-state index in [0.717, 1.165) is 12.3 Å². The quantitative estimate of drug-likeness (QED) is 0.651. The molecule has 0 aliphatic heterocycles. The molecule has 1 aliphatic carbocycles. The minimum absolute atomic E-state index is 0.135. The fraction of sp³-hybridized carbons (Fsp3) is 0.350. The Hall–Kier alpha value is -2.95. The number of nitrogens with zero attached hydrogens (tertiary/aromatic N) is 2. The molecule has 31 heavy (non-hydrogen) atoms. The topological polar surface area (TPSA) is 98.2 Å². The third-order valence-electron chi connectivity index (χ3n) is 4.44. The highest BCUT2D eigenvalue weighted by Crippen LogP contribution is 2.35. The molecule has 1 N–H and O–H groups in total. The lowest BCUT2D eigenvalue weighted by Gasteiger charge is -2.17. The third kappa shape index (κ3) is 6.03. The molecule has 1 amide bonds. The molecule has 1 aliphatic rings. The summed E-state index contributed by atoms with van der Waals surface area (Å²) in [6, 6.07) is 7.12. The van der Waals surface area contributed by atoms with Gasteiger partial charge in [0.05, 0.1) is 12.2 Å². The zero-order valence-electron chi connectivity index (χ0n) is 16.7. The van der Waals surface area contributed by atoms with Gasteiger partial charge in [0, 0.05) is 13.2 Å². The lowest BCUT2D eigenvalue weighted by atomic mass is 10.2. The molecule has 0 spiro atoms. The third-order valence-corrected chi connectivity index (χ3v) is 5.28. The Kier molecular flexibility index (Phi) is 6.35. The van der Waals surface area contributed by atoms with Crippen LogP contribution in [0.15, 0.2) is 47.8 Å². The number of hydrogen-bond acceptors (Lipinski definition) is 6. The zero-order chi connectivity index (χ0) is 22.8. The van der Waals surface area contributed by atoms with E-state index in [-0.39, 0.29) is 17.4 Å². The molecule has 0 unspecified atom stereocenters. The van der Waals surface area contributed by atoms with Crippen LogP contribution in [0.4, 0.5) is 13.2 Å². The molecule has 0 saturated heterocycles. The van der Waals surface area contributed by atoms with Gasteiger partial charge in [0.2, 0.25) is 20.9 Å². The second-order valence-corrected chi connectivity index (χ2v) is 9.23. The first-order valence-corrected chi connectivity index (χ1v) is 11.2. The van der Waals surface area contributed by atoms with Crippen molar-refractivity contribution in [3.8, 4) is 11.6 Å². The van der Waals surface area contributed by atoms with E-state index in [4.69, 9.17) is 4.74 Å². The molecule has 3 rings (SSSR count). The number of alkyl halides is 2. The lowest BCUT2D eigenvalue weighted by molar-refractivity contribution is 0.00992. The largest absolute Gasteiger partial charge is 0.437 e. The second-order valence-electron chi connectivity index (χ2n) is 7.29. The maximum Gasteiger partial charge on any atom is 0.292 e. The van der Waals surface area contributed by atoms with Gasteiger partial charge in [0.15, 0.2) is 11.4 Å². The number of hydrogen-bond donors (Lipinski definition) is 1. The molecule has 1 atom stereocenters. The summed E-state index contributed by atoms with van der Waals surface area (Å²) >= 11 is 0. The monoisotopic (exact) mass is 455 g/mol. The van der Waals surface area contributed by atoms with Gasteiger partial charge in [-0.3, -0.25) is 4.79 Å². The summed E-state index contributed by atoms with van der Waals surface area (Å²) in [7, 11) is -4.06. The summed E-state index contributed by atoms with van der Waals surface area (Å²) in [5.41, 5.74) is -1.09. The summed E-state index contributed by atoms with van der Waals surface area (Å²) < 4.78 is 69.9. The Labute approximate surface area is 177 Å². The van der Waals surface area contributed by atoms with Gasteiger partial charge in [0.25, 0.3) is 11.8 Å². The molecule has 166 valence electrons. The van der Waals surface area contributed by atoms with E-state index in [0.29, 0.717) is 26.0 Å². The van der Waals surface area contributed by atoms with Crippen LogP contribution in [0.5, 0.6) is 11.6 Å². The first-order chi connectivity index (χ1) is 14.4. The van der Waals surface area contributed by atoms with E-state index >= 15 is 0 Å². The fourth-order valence-electron chi connectivity index (χ4n) is 2.69. The van der Waals surface area contributed by atoms with Crippen molar-refractivity contribution in [1.29, 1.82) is 0 Å². The van der Waals surface area contributed by atoms with Gasteiger partial charge in [-0.15, -0.1) is 0 Å². The van der Waals surface area contributed by atoms with Crippen molar-refractivity contribution in [2.45, 2.75) is 31.7 Å². The molecule has 7 nitrogen and oxygen atoms in total. The maximum atomic E-state index is 13.9. The summed E-state index contributed by atoms with van der Waals surface area (Å²) in [6.07, 6.45) is 3.75. The number of aromatic nitrogens is 2. The van der Waals surface area contributed by atoms with Crippen molar-refractivity contribution in [3.05, 3.63) is 59.2 Å². The number of amides is 1. The van der Waals surface area contributed by atoms with Crippen LogP contribution in [0.3, 0.4) is 0 Å². The maximum absolute atomic E-state index is 13.9. The second kappa shape index (κ2) is 8.66. The van der Waals surface area contributed by atoms with Gasteiger partial charge in [-0.2, -0.15) is 13.2 Å². The van der Waals surface area contributed by atoms with Crippen molar-refractivity contribution in [1.82, 2.24) is 15.3 Å². The van der Waals surface area contributed by atoms with E-state index in [9.17, 15) is 26.4 Å². The Morgan fingerprint density at radius 3 is 2.48 bits per heavy atom. The molecule has 11 heteroatoms. The number of carbonyl (C=O) groups excluding carboxylic acids is 1. The molecule has 0 bridgehead atoms. The first-order valence-electron chi connectivity index (χ1n) is 9.31. The number of rotatable bonds is 8. The summed E-state index contributed by atoms with van der Waals surface area (Å²) in [5.74, 6) is -4.68. The van der Waals surface area contributed by atoms with E-state index in [1.54, 1.807) is 18.2 Å². The van der Waals surface area contributed by atoms with E-state index < -0.39 is 44.4 Å². The van der Waals surface area contributed by atoms with Crippen LogP contribution in [0.25, 0.3) is 0 Å². The Morgan fingerprint density at radius 2 is 1.94 bits per heavy atom. The molecule has 0 radical (unpaired) electrons. The Bertz CT molecular complexity index is 1100. The van der Waals surface area contributed by atoms with Crippen molar-refractivity contribution in [3.63, 3.8) is 0 Å². The highest BCUT2D eigenvalue weighted by Gasteiger charge is 2.35. The average Bonchev–Trinajstić information content (AvgIpc) is 3.51. The van der Waals surface area contributed by atoms with Crippen molar-refractivity contribution < 1.29 is 31.1 Å². The number of benzene rings is 1. The lowest BCUT2D eigenvalue weighted by Crippen LogP contribution is -2.36. The minimum atomic E-state index is -4.06. The number of nitrogens with one attached hydrogen (secondary N) is 1. The minimum Gasteiger partial charge on any atom is -0.437 e. The van der Waals surface area contributed by atoms with Gasteiger partial charge in [-0.05, 0) is 37.0 Å². The average molecular weight is 455 g/mol. The van der Waals surface area contributed by atoms with E-state index in [1.165, 1.54) is 12.1 Å². The van der Waals surface area contributed by atoms with Crippen LogP contribution in [0, 0.1) is 5.92 Å². The predicted octanol–water partition coefficient (Wildman–Crippen LogP) is 3.74. The van der Waals surface area contributed by atoms with Crippen LogP contribution < -0.4 is 10.1 Å². The molecule has 1 aromatic carbocycles. The SMILES string of the molecule is CC(F)(F)c1ncc(C(=O)N[C@H](/C=C(\F)S(C)(=O)=O)C2CC2)nc1Oc1ccccc1. The number of para-hydroxylation sites is 1. The van der Waals surface area contributed by atoms with E-state index in [2.05, 4.69) is 15.3 Å². The van der Waals surface area contributed by atoms with Gasteiger partial charge in [0.1, 0.15) is 5.75 Å². The van der Waals surface area contributed by atoms with E-state index in [1.807, 2.05) is 0 Å². The number of carbonyl (C=O) groups is 1. The molecular weight excluding hydrogens is 435 g/mol. The standard InChI is InChI=1S/C20H20F3N3O4S/c1-20(22,23)17-19(30-13-6-4-3-5-7-13)26-15(11-24-17)18(27)25-14(12-8-9-12)10-16(21)31(2,28)29/h3-7,10-12,14H,8-9H2,1-2H3,(H,25,27)/b16-10+/t14-/m1/s1. The summed E-state index contributed by atoms with van der Waals surface area (Å²) in [6.45, 7) is 0.622. The summed E-state index contributed by atoms with van der Waals surface area (Å²) in [5, 5.41) is 1.13. The molecule has 2 aromatic rings. The smallest absolute Gasteiger partial charge is 0.292 e. The van der Waals surface area contributed by atoms with Crippen LogP contribution >= 0.6 is 0 Å². The summed E-state index contributed by atoms with van der Waals surface area (Å²) in [4.78, 5) is 20.2. The molecule has 1 heterocycles. The highest BCUT2D eigenvalue weighted by atomic mass is 32.2. The van der Waals surface area contributed by atoms with Crippen LogP contribution in [0.2, 0.25) is 0 Å². The number of ether oxygens (including phenoxy) is 1. The predicted molar refractivity (Wildman–Crippen MR) is 106 cm³/mol. The van der Waals surface area contributed by atoms with Crippen LogP contribution in [0.1, 0.15) is 35.9 Å². The molecular formula is C20H20F3N3O4S. The molecule has 1 saturated carbocycles. The fourth-order valence-corrected chi connectivity index (χ4v) is 3.09.